The van der Waals surface area contributed by atoms with Crippen molar-refractivity contribution < 1.29 is 33.6 Å². The Bertz CT molecular complexity index is 809. The first-order chi connectivity index (χ1) is 15.7. The van der Waals surface area contributed by atoms with Crippen LogP contribution in [0.5, 0.6) is 0 Å². The summed E-state index contributed by atoms with van der Waals surface area (Å²) in [7, 11) is 0. The normalized spacial score (nSPS) is 52.0. The number of hydrogen-bond donors (Lipinski definition) is 1. The molecule has 0 amide bonds. The lowest BCUT2D eigenvalue weighted by molar-refractivity contribution is -0.209. The lowest BCUT2D eigenvalue weighted by Gasteiger charge is -2.38. The smallest absolute Gasteiger partial charge is 0.306 e. The molecule has 7 nitrogen and oxygen atoms in total. The molecule has 0 radical (unpaired) electrons. The van der Waals surface area contributed by atoms with E-state index in [1.165, 1.54) is 0 Å². The number of esters is 1. The first kappa shape index (κ1) is 24.9. The molecule has 0 bridgehead atoms. The van der Waals surface area contributed by atoms with E-state index < -0.39 is 11.2 Å². The van der Waals surface area contributed by atoms with Gasteiger partial charge in [-0.15, -0.1) is 0 Å². The number of hydrogen-bond acceptors (Lipinski definition) is 7. The number of rotatable bonds is 5. The van der Waals surface area contributed by atoms with Gasteiger partial charge in [-0.1, -0.05) is 0 Å². The molecule has 0 saturated carbocycles. The van der Waals surface area contributed by atoms with Crippen LogP contribution in [0.1, 0.15) is 106 Å². The molecular formula is C27H44O7. The second-order valence-corrected chi connectivity index (χ2v) is 13.0. The monoisotopic (exact) mass is 480 g/mol. The molecule has 9 unspecified atom stereocenters. The molecule has 0 aromatic rings. The summed E-state index contributed by atoms with van der Waals surface area (Å²) in [5.41, 5.74) is -2.45. The van der Waals surface area contributed by atoms with E-state index >= 15 is 0 Å². The van der Waals surface area contributed by atoms with Gasteiger partial charge in [0.15, 0.2) is 0 Å². The summed E-state index contributed by atoms with van der Waals surface area (Å²) in [5, 5.41) is 10.4. The maximum absolute atomic E-state index is 11.7. The zero-order chi connectivity index (χ0) is 24.6. The zero-order valence-corrected chi connectivity index (χ0v) is 21.9. The first-order valence-electron chi connectivity index (χ1n) is 13.4. The number of carbonyl (C=O) groups is 1. The van der Waals surface area contributed by atoms with E-state index in [1.54, 1.807) is 0 Å². The summed E-state index contributed by atoms with van der Waals surface area (Å²) < 4.78 is 32.0. The molecule has 34 heavy (non-hydrogen) atoms. The highest BCUT2D eigenvalue weighted by molar-refractivity contribution is 5.72. The van der Waals surface area contributed by atoms with Crippen LogP contribution in [0.15, 0.2) is 0 Å². The maximum Gasteiger partial charge on any atom is 0.306 e. The summed E-state index contributed by atoms with van der Waals surface area (Å²) in [6.45, 7) is 12.1. The van der Waals surface area contributed by atoms with Crippen molar-refractivity contribution in [3.63, 3.8) is 0 Å². The summed E-state index contributed by atoms with van der Waals surface area (Å²) in [5.74, 6) is -0.119. The summed E-state index contributed by atoms with van der Waals surface area (Å²) in [6.07, 6.45) is 8.34. The van der Waals surface area contributed by atoms with E-state index in [9.17, 15) is 9.90 Å². The van der Waals surface area contributed by atoms with Crippen LogP contribution in [0.25, 0.3) is 0 Å². The Morgan fingerprint density at radius 1 is 0.706 bits per heavy atom. The highest BCUT2D eigenvalue weighted by Crippen LogP contribution is 2.50. The van der Waals surface area contributed by atoms with Crippen molar-refractivity contribution in [1.29, 1.82) is 0 Å². The lowest BCUT2D eigenvalue weighted by Crippen LogP contribution is -2.48. The van der Waals surface area contributed by atoms with Gasteiger partial charge in [-0.05, 0) is 99.3 Å². The quantitative estimate of drug-likeness (QED) is 0.590. The van der Waals surface area contributed by atoms with Gasteiger partial charge in [0, 0.05) is 6.42 Å². The van der Waals surface area contributed by atoms with Gasteiger partial charge >= 0.3 is 5.97 Å². The van der Waals surface area contributed by atoms with E-state index in [1.807, 2.05) is 20.8 Å². The Morgan fingerprint density at radius 2 is 1.21 bits per heavy atom. The molecular weight excluding hydrogens is 436 g/mol. The van der Waals surface area contributed by atoms with Crippen molar-refractivity contribution in [2.75, 3.05) is 0 Å². The minimum atomic E-state index is -0.843. The van der Waals surface area contributed by atoms with Crippen LogP contribution in [0.3, 0.4) is 0 Å². The molecule has 9 atom stereocenters. The number of cyclic esters (lactones) is 1. The third-order valence-electron chi connectivity index (χ3n) is 9.65. The van der Waals surface area contributed by atoms with Crippen LogP contribution < -0.4 is 0 Å². The molecule has 0 aromatic carbocycles. The van der Waals surface area contributed by atoms with Gasteiger partial charge in [0.25, 0.3) is 0 Å². The fourth-order valence-electron chi connectivity index (χ4n) is 7.12. The Balaban J connectivity index is 1.20. The fraction of sp³-hybridized carbons (Fsp3) is 0.963. The predicted molar refractivity (Wildman–Crippen MR) is 125 cm³/mol. The molecule has 7 heteroatoms. The molecule has 0 spiro atoms. The van der Waals surface area contributed by atoms with Crippen molar-refractivity contribution in [3.8, 4) is 0 Å². The van der Waals surface area contributed by atoms with Crippen molar-refractivity contribution in [1.82, 2.24) is 0 Å². The minimum Gasteiger partial charge on any atom is -0.457 e. The second-order valence-electron chi connectivity index (χ2n) is 13.0. The van der Waals surface area contributed by atoms with Crippen LogP contribution in [0, 0.1) is 0 Å². The third-order valence-corrected chi connectivity index (χ3v) is 9.65. The second kappa shape index (κ2) is 8.14. The Hall–Kier alpha value is -0.730. The molecule has 194 valence electrons. The average Bonchev–Trinajstić information content (AvgIpc) is 3.53. The van der Waals surface area contributed by atoms with Crippen molar-refractivity contribution in [3.05, 3.63) is 0 Å². The lowest BCUT2D eigenvalue weighted by atomic mass is 9.89. The Morgan fingerprint density at radius 3 is 1.68 bits per heavy atom. The number of ether oxygens (including phenoxy) is 5. The molecule has 5 saturated heterocycles. The van der Waals surface area contributed by atoms with Crippen LogP contribution in [-0.2, 0) is 28.5 Å². The average molecular weight is 481 g/mol. The van der Waals surface area contributed by atoms with Gasteiger partial charge in [0.05, 0.1) is 52.9 Å². The van der Waals surface area contributed by atoms with E-state index in [0.717, 1.165) is 57.8 Å². The minimum absolute atomic E-state index is 0.00667. The van der Waals surface area contributed by atoms with Gasteiger partial charge in [-0.25, -0.2) is 0 Å². The number of aliphatic hydroxyl groups is 1. The van der Waals surface area contributed by atoms with Gasteiger partial charge in [0.2, 0.25) is 0 Å². The van der Waals surface area contributed by atoms with Crippen LogP contribution >= 0.6 is 0 Å². The first-order valence-corrected chi connectivity index (χ1v) is 13.4. The summed E-state index contributed by atoms with van der Waals surface area (Å²) in [4.78, 5) is 11.7. The molecule has 5 heterocycles. The fourth-order valence-corrected chi connectivity index (χ4v) is 7.12. The van der Waals surface area contributed by atoms with Gasteiger partial charge in [-0.3, -0.25) is 4.79 Å². The van der Waals surface area contributed by atoms with E-state index in [0.29, 0.717) is 6.42 Å². The Kier molecular flexibility index (Phi) is 5.97. The Labute approximate surface area is 204 Å². The summed E-state index contributed by atoms with van der Waals surface area (Å²) >= 11 is 0. The topological polar surface area (TPSA) is 83.5 Å². The zero-order valence-electron chi connectivity index (χ0n) is 21.9. The standard InChI is InChI=1S/C27H44O7/c1-23(2,29)17-9-13-26(5,31-17)20-10-14-24(3,32-20)18-7-8-19(30-18)25(4)15-11-21(33-25)27(6)16-12-22(28)34-27/h17-21,29H,7-16H2,1-6H3. The van der Waals surface area contributed by atoms with E-state index in [4.69, 9.17) is 23.7 Å². The molecule has 0 aromatic heterocycles. The molecule has 5 rings (SSSR count). The van der Waals surface area contributed by atoms with Crippen LogP contribution in [-0.4, -0.2) is 69.6 Å². The summed E-state index contributed by atoms with van der Waals surface area (Å²) in [6, 6.07) is 0. The van der Waals surface area contributed by atoms with E-state index in [2.05, 4.69) is 20.8 Å². The predicted octanol–water partition coefficient (Wildman–Crippen LogP) is 4.21. The largest absolute Gasteiger partial charge is 0.457 e. The van der Waals surface area contributed by atoms with Crippen LogP contribution in [0.4, 0.5) is 0 Å². The maximum atomic E-state index is 11.7. The highest BCUT2D eigenvalue weighted by atomic mass is 16.6. The number of carbonyl (C=O) groups excluding carboxylic acids is 1. The molecule has 0 aliphatic carbocycles. The van der Waals surface area contributed by atoms with Crippen molar-refractivity contribution >= 4 is 5.97 Å². The molecule has 1 N–H and O–H groups in total. The van der Waals surface area contributed by atoms with Crippen molar-refractivity contribution in [2.45, 2.75) is 164 Å². The van der Waals surface area contributed by atoms with Crippen LogP contribution in [0.2, 0.25) is 0 Å². The molecule has 5 aliphatic heterocycles. The van der Waals surface area contributed by atoms with Crippen molar-refractivity contribution in [2.24, 2.45) is 0 Å². The molecule has 5 aliphatic rings. The van der Waals surface area contributed by atoms with E-state index in [-0.39, 0.29) is 53.3 Å². The SMILES string of the molecule is CC(C)(O)C1CCC(C)(C2CCC(C)(C3CCC(C4(C)CCC(C5(C)CCC(=O)O5)O4)O3)O2)O1. The van der Waals surface area contributed by atoms with Gasteiger partial charge < -0.3 is 28.8 Å². The molecule has 5 fully saturated rings. The third kappa shape index (κ3) is 4.23. The van der Waals surface area contributed by atoms with Gasteiger partial charge in [-0.2, -0.15) is 0 Å². The van der Waals surface area contributed by atoms with Gasteiger partial charge in [0.1, 0.15) is 5.60 Å². The highest BCUT2D eigenvalue weighted by Gasteiger charge is 2.58.